The highest BCUT2D eigenvalue weighted by Gasteiger charge is 2.51. The van der Waals surface area contributed by atoms with Gasteiger partial charge in [0.2, 0.25) is 5.91 Å². The zero-order chi connectivity index (χ0) is 26.4. The highest BCUT2D eigenvalue weighted by Crippen LogP contribution is 2.48. The fourth-order valence-electron chi connectivity index (χ4n) is 3.16. The Hall–Kier alpha value is -3.12. The molecule has 0 radical (unpaired) electrons. The van der Waals surface area contributed by atoms with Crippen molar-refractivity contribution in [3.8, 4) is 0 Å². The molecule has 1 amide bonds. The summed E-state index contributed by atoms with van der Waals surface area (Å²) in [6.45, 7) is 4.78. The van der Waals surface area contributed by atoms with Crippen LogP contribution in [-0.2, 0) is 29.8 Å². The monoisotopic (exact) mass is 516 g/mol. The molecule has 0 aromatic heterocycles. The number of anilines is 1. The summed E-state index contributed by atoms with van der Waals surface area (Å²) in [5, 5.41) is 10.0. The maximum absolute atomic E-state index is 12.6. The lowest BCUT2D eigenvalue weighted by atomic mass is 9.95. The van der Waals surface area contributed by atoms with Crippen LogP contribution in [0.2, 0.25) is 0 Å². The van der Waals surface area contributed by atoms with Crippen LogP contribution in [0.25, 0.3) is 0 Å². The molecule has 192 valence electrons. The van der Waals surface area contributed by atoms with E-state index in [0.717, 1.165) is 29.5 Å². The van der Waals surface area contributed by atoms with E-state index in [1.165, 1.54) is 0 Å². The third-order valence-corrected chi connectivity index (χ3v) is 6.88. The van der Waals surface area contributed by atoms with Crippen LogP contribution in [0.4, 0.5) is 18.9 Å². The number of amides is 1. The zero-order valence-electron chi connectivity index (χ0n) is 19.4. The molecule has 0 bridgehead atoms. The lowest BCUT2D eigenvalue weighted by molar-refractivity contribution is -0.192. The Balaban J connectivity index is 0.000000540. The van der Waals surface area contributed by atoms with Crippen LogP contribution >= 0.6 is 0 Å². The first-order valence-corrected chi connectivity index (χ1v) is 12.0. The Morgan fingerprint density at radius 3 is 2.09 bits per heavy atom. The number of rotatable bonds is 8. The molecule has 1 saturated carbocycles. The molecule has 1 aliphatic carbocycles. The van der Waals surface area contributed by atoms with Gasteiger partial charge in [0.1, 0.15) is 0 Å². The number of methoxy groups -OCH3 is 1. The number of carbonyl (C=O) groups is 2. The van der Waals surface area contributed by atoms with Crippen molar-refractivity contribution >= 4 is 27.6 Å². The summed E-state index contributed by atoms with van der Waals surface area (Å²) in [6.07, 6.45) is -3.50. The molecule has 8 nitrogen and oxygen atoms in total. The lowest BCUT2D eigenvalue weighted by Crippen LogP contribution is -2.36. The van der Waals surface area contributed by atoms with Crippen molar-refractivity contribution in [1.82, 2.24) is 5.32 Å². The summed E-state index contributed by atoms with van der Waals surface area (Å²) >= 11 is 0. The number of sulfonamides is 1. The van der Waals surface area contributed by atoms with Crippen LogP contribution in [0, 0.1) is 13.8 Å². The topological polar surface area (TPSA) is 122 Å². The number of nitrogens with one attached hydrogen (secondary N) is 2. The van der Waals surface area contributed by atoms with Gasteiger partial charge >= 0.3 is 12.1 Å². The SMILES string of the molecule is COCCNC(=O)C1(c2ccc(NS(=O)(=O)c3ccc(C)c(C)c3)cc2)CC1.O=C(O)C(F)(F)F. The van der Waals surface area contributed by atoms with E-state index < -0.39 is 27.6 Å². The Labute approximate surface area is 201 Å². The van der Waals surface area contributed by atoms with E-state index in [2.05, 4.69) is 10.0 Å². The van der Waals surface area contributed by atoms with Crippen LogP contribution in [0.5, 0.6) is 0 Å². The lowest BCUT2D eigenvalue weighted by Gasteiger charge is -2.16. The van der Waals surface area contributed by atoms with Crippen molar-refractivity contribution in [2.24, 2.45) is 0 Å². The molecule has 0 spiro atoms. The van der Waals surface area contributed by atoms with E-state index in [1.807, 2.05) is 26.0 Å². The molecule has 2 aromatic carbocycles. The molecule has 1 aliphatic rings. The van der Waals surface area contributed by atoms with Crippen molar-refractivity contribution in [1.29, 1.82) is 0 Å². The molecule has 2 aromatic rings. The molecular formula is C23H27F3N2O6S. The summed E-state index contributed by atoms with van der Waals surface area (Å²) in [6, 6.07) is 12.1. The van der Waals surface area contributed by atoms with Crippen LogP contribution in [-0.4, -0.2) is 51.8 Å². The van der Waals surface area contributed by atoms with Gasteiger partial charge in [-0.15, -0.1) is 0 Å². The Morgan fingerprint density at radius 1 is 1.06 bits per heavy atom. The minimum Gasteiger partial charge on any atom is -0.475 e. The van der Waals surface area contributed by atoms with E-state index in [0.29, 0.717) is 18.8 Å². The Kier molecular flexibility index (Phi) is 8.90. The minimum atomic E-state index is -5.08. The second-order valence-corrected chi connectivity index (χ2v) is 9.75. The molecule has 0 saturated heterocycles. The quantitative estimate of drug-likeness (QED) is 0.462. The standard InChI is InChI=1S/C21H26N2O4S.C2HF3O2/c1-15-4-9-19(14-16(15)2)28(25,26)23-18-7-5-17(6-8-18)21(10-11-21)20(24)22-12-13-27-3;3-2(4,5)1(6)7/h4-9,14,23H,10-13H2,1-3H3,(H,22,24);(H,6,7). The van der Waals surface area contributed by atoms with E-state index in [-0.39, 0.29) is 10.8 Å². The molecule has 35 heavy (non-hydrogen) atoms. The van der Waals surface area contributed by atoms with E-state index in [9.17, 15) is 26.4 Å². The maximum Gasteiger partial charge on any atom is 0.490 e. The molecule has 3 rings (SSSR count). The second kappa shape index (κ2) is 11.1. The van der Waals surface area contributed by atoms with Gasteiger partial charge in [-0.05, 0) is 67.6 Å². The first-order valence-electron chi connectivity index (χ1n) is 10.5. The van der Waals surface area contributed by atoms with E-state index in [4.69, 9.17) is 14.6 Å². The van der Waals surface area contributed by atoms with E-state index >= 15 is 0 Å². The van der Waals surface area contributed by atoms with Gasteiger partial charge < -0.3 is 15.2 Å². The van der Waals surface area contributed by atoms with Crippen molar-refractivity contribution in [3.63, 3.8) is 0 Å². The summed E-state index contributed by atoms with van der Waals surface area (Å²) in [5.41, 5.74) is 2.84. The van der Waals surface area contributed by atoms with Crippen LogP contribution < -0.4 is 10.0 Å². The number of aliphatic carboxylic acids is 1. The first-order chi connectivity index (χ1) is 16.2. The van der Waals surface area contributed by atoms with Crippen LogP contribution in [0.3, 0.4) is 0 Å². The number of halogens is 3. The minimum absolute atomic E-state index is 0.00647. The third-order valence-electron chi connectivity index (χ3n) is 5.50. The van der Waals surface area contributed by atoms with Gasteiger partial charge in [-0.1, -0.05) is 18.2 Å². The number of hydrogen-bond donors (Lipinski definition) is 3. The van der Waals surface area contributed by atoms with Crippen molar-refractivity contribution in [2.45, 2.75) is 43.2 Å². The number of alkyl halides is 3. The van der Waals surface area contributed by atoms with E-state index in [1.54, 1.807) is 37.4 Å². The maximum atomic E-state index is 12.6. The molecule has 0 heterocycles. The average molecular weight is 517 g/mol. The largest absolute Gasteiger partial charge is 0.490 e. The Bertz CT molecular complexity index is 1160. The number of ether oxygens (including phenoxy) is 1. The predicted molar refractivity (Wildman–Crippen MR) is 123 cm³/mol. The van der Waals surface area contributed by atoms with Gasteiger partial charge in [-0.2, -0.15) is 13.2 Å². The van der Waals surface area contributed by atoms with Gasteiger partial charge in [0.15, 0.2) is 0 Å². The van der Waals surface area contributed by atoms with Gasteiger partial charge in [0.25, 0.3) is 10.0 Å². The molecule has 1 fully saturated rings. The average Bonchev–Trinajstić information content (AvgIpc) is 3.58. The summed E-state index contributed by atoms with van der Waals surface area (Å²) < 4.78 is 64.6. The number of carboxylic acids is 1. The smallest absolute Gasteiger partial charge is 0.475 e. The molecule has 3 N–H and O–H groups in total. The molecular weight excluding hydrogens is 489 g/mol. The highest BCUT2D eigenvalue weighted by molar-refractivity contribution is 7.92. The highest BCUT2D eigenvalue weighted by atomic mass is 32.2. The van der Waals surface area contributed by atoms with Crippen LogP contribution in [0.1, 0.15) is 29.5 Å². The molecule has 0 aliphatic heterocycles. The number of aryl methyl sites for hydroxylation is 2. The second-order valence-electron chi connectivity index (χ2n) is 8.06. The summed E-state index contributed by atoms with van der Waals surface area (Å²) in [5.74, 6) is -2.76. The van der Waals surface area contributed by atoms with Crippen molar-refractivity contribution < 1.29 is 41.0 Å². The van der Waals surface area contributed by atoms with Crippen LogP contribution in [0.15, 0.2) is 47.4 Å². The summed E-state index contributed by atoms with van der Waals surface area (Å²) in [7, 11) is -2.07. The fraction of sp³-hybridized carbons (Fsp3) is 0.391. The van der Waals surface area contributed by atoms with Gasteiger partial charge in [0, 0.05) is 19.3 Å². The van der Waals surface area contributed by atoms with Crippen molar-refractivity contribution in [3.05, 3.63) is 59.2 Å². The Morgan fingerprint density at radius 2 is 1.63 bits per heavy atom. The zero-order valence-corrected chi connectivity index (χ0v) is 20.2. The third kappa shape index (κ3) is 7.43. The predicted octanol–water partition coefficient (Wildman–Crippen LogP) is 3.53. The van der Waals surface area contributed by atoms with Gasteiger partial charge in [-0.25, -0.2) is 13.2 Å². The molecule has 0 unspecified atom stereocenters. The number of carboxylic acid groups (broad SMARTS) is 1. The number of hydrogen-bond acceptors (Lipinski definition) is 5. The molecule has 0 atom stereocenters. The van der Waals surface area contributed by atoms with Crippen molar-refractivity contribution in [2.75, 3.05) is 25.0 Å². The number of carbonyl (C=O) groups excluding carboxylic acids is 1. The number of benzene rings is 2. The summed E-state index contributed by atoms with van der Waals surface area (Å²) in [4.78, 5) is 21.6. The van der Waals surface area contributed by atoms with Gasteiger partial charge in [0.05, 0.1) is 16.9 Å². The molecule has 12 heteroatoms. The fourth-order valence-corrected chi connectivity index (χ4v) is 4.30. The first kappa shape index (κ1) is 28.1. The van der Waals surface area contributed by atoms with Gasteiger partial charge in [-0.3, -0.25) is 9.52 Å². The normalized spacial score (nSPS) is 14.3.